The molecular weight excluding hydrogens is 552 g/mol. The van der Waals surface area contributed by atoms with E-state index in [4.69, 9.17) is 14.5 Å². The molecule has 1 heterocycles. The van der Waals surface area contributed by atoms with Crippen molar-refractivity contribution in [3.63, 3.8) is 0 Å². The van der Waals surface area contributed by atoms with E-state index in [2.05, 4.69) is 21.0 Å². The zero-order chi connectivity index (χ0) is 27.2. The Morgan fingerprint density at radius 2 is 1.92 bits per heavy atom. The van der Waals surface area contributed by atoms with Crippen molar-refractivity contribution in [3.8, 4) is 11.5 Å². The highest BCUT2D eigenvalue weighted by Crippen LogP contribution is 2.29. The van der Waals surface area contributed by atoms with Gasteiger partial charge in [0.15, 0.2) is 11.5 Å². The molecule has 9 nitrogen and oxygen atoms in total. The van der Waals surface area contributed by atoms with Gasteiger partial charge in [-0.1, -0.05) is 41.9 Å². The standard InChI is InChI=1S/C28H27BrN4O5/c1-4-18(3)27-31-24-11-10-21(29)15-23(24)28(34)32(27)30-16-19-9-12-25(26(14-19)37-5-2)38-17-20-7-6-8-22(13-20)33(35)36/h6-16,18H,4-5,17H2,1-3H3/t18-/m0/s1. The van der Waals surface area contributed by atoms with Crippen LogP contribution in [0.2, 0.25) is 0 Å². The lowest BCUT2D eigenvalue weighted by molar-refractivity contribution is -0.384. The highest BCUT2D eigenvalue weighted by Gasteiger charge is 2.16. The third-order valence-electron chi connectivity index (χ3n) is 5.99. The van der Waals surface area contributed by atoms with E-state index >= 15 is 0 Å². The molecule has 1 atom stereocenters. The van der Waals surface area contributed by atoms with Crippen molar-refractivity contribution >= 4 is 38.7 Å². The molecule has 196 valence electrons. The number of hydrogen-bond donors (Lipinski definition) is 0. The van der Waals surface area contributed by atoms with Crippen molar-refractivity contribution in [2.75, 3.05) is 6.61 Å². The molecule has 0 N–H and O–H groups in total. The fourth-order valence-corrected chi connectivity index (χ4v) is 4.18. The molecule has 0 spiro atoms. The Labute approximate surface area is 228 Å². The van der Waals surface area contributed by atoms with Crippen LogP contribution in [0.25, 0.3) is 10.9 Å². The Kier molecular flexibility index (Phi) is 8.52. The Balaban J connectivity index is 1.65. The SMILES string of the molecule is CCOc1cc(C=Nn2c([C@@H](C)CC)nc3ccc(Br)cc3c2=O)ccc1OCc1cccc([N+](=O)[O-])c1. The second kappa shape index (κ2) is 12.0. The number of ether oxygens (including phenoxy) is 2. The van der Waals surface area contributed by atoms with Gasteiger partial charge in [-0.15, -0.1) is 0 Å². The van der Waals surface area contributed by atoms with E-state index in [1.807, 2.05) is 32.9 Å². The summed E-state index contributed by atoms with van der Waals surface area (Å²) in [6.07, 6.45) is 2.39. The number of nitro groups is 1. The van der Waals surface area contributed by atoms with Crippen LogP contribution >= 0.6 is 15.9 Å². The Morgan fingerprint density at radius 3 is 2.66 bits per heavy atom. The van der Waals surface area contributed by atoms with Gasteiger partial charge in [0.2, 0.25) is 0 Å². The van der Waals surface area contributed by atoms with Gasteiger partial charge in [-0.2, -0.15) is 9.78 Å². The number of fused-ring (bicyclic) bond motifs is 1. The summed E-state index contributed by atoms with van der Waals surface area (Å²) >= 11 is 3.42. The van der Waals surface area contributed by atoms with Crippen LogP contribution in [0.5, 0.6) is 11.5 Å². The van der Waals surface area contributed by atoms with E-state index in [1.54, 1.807) is 42.6 Å². The van der Waals surface area contributed by atoms with E-state index in [0.29, 0.717) is 46.0 Å². The van der Waals surface area contributed by atoms with Crippen molar-refractivity contribution in [1.29, 1.82) is 0 Å². The number of non-ortho nitro benzene ring substituents is 1. The van der Waals surface area contributed by atoms with Crippen molar-refractivity contribution in [2.45, 2.75) is 39.7 Å². The lowest BCUT2D eigenvalue weighted by atomic mass is 10.1. The molecule has 0 aliphatic rings. The molecule has 0 bridgehead atoms. The molecule has 0 aliphatic carbocycles. The summed E-state index contributed by atoms with van der Waals surface area (Å²) in [6.45, 7) is 6.47. The van der Waals surface area contributed by atoms with E-state index in [1.165, 1.54) is 16.8 Å². The van der Waals surface area contributed by atoms with Crippen LogP contribution in [0.3, 0.4) is 0 Å². The normalized spacial score (nSPS) is 12.1. The van der Waals surface area contributed by atoms with Crippen LogP contribution < -0.4 is 15.0 Å². The molecule has 38 heavy (non-hydrogen) atoms. The first-order valence-corrected chi connectivity index (χ1v) is 13.0. The Bertz CT molecular complexity index is 1570. The molecule has 4 rings (SSSR count). The molecule has 3 aromatic carbocycles. The summed E-state index contributed by atoms with van der Waals surface area (Å²) in [5.41, 5.74) is 1.76. The van der Waals surface area contributed by atoms with Crippen LogP contribution in [0, 0.1) is 10.1 Å². The minimum absolute atomic E-state index is 0.00484. The average Bonchev–Trinajstić information content (AvgIpc) is 2.92. The van der Waals surface area contributed by atoms with Crippen LogP contribution in [-0.2, 0) is 6.61 Å². The fraction of sp³-hybridized carbons (Fsp3) is 0.250. The molecule has 0 saturated heterocycles. The van der Waals surface area contributed by atoms with Crippen LogP contribution in [0.4, 0.5) is 5.69 Å². The number of aromatic nitrogens is 2. The highest BCUT2D eigenvalue weighted by molar-refractivity contribution is 9.10. The summed E-state index contributed by atoms with van der Waals surface area (Å²) in [5.74, 6) is 1.60. The van der Waals surface area contributed by atoms with Gasteiger partial charge in [0, 0.05) is 22.5 Å². The fourth-order valence-electron chi connectivity index (χ4n) is 3.82. The summed E-state index contributed by atoms with van der Waals surface area (Å²) in [7, 11) is 0. The number of nitro benzene ring substituents is 1. The summed E-state index contributed by atoms with van der Waals surface area (Å²) in [6, 6.07) is 17.0. The van der Waals surface area contributed by atoms with Crippen LogP contribution in [0.15, 0.2) is 75.0 Å². The molecule has 0 unspecified atom stereocenters. The highest BCUT2D eigenvalue weighted by atomic mass is 79.9. The van der Waals surface area contributed by atoms with E-state index in [-0.39, 0.29) is 23.8 Å². The first-order chi connectivity index (χ1) is 18.3. The molecule has 0 radical (unpaired) electrons. The minimum atomic E-state index is -0.439. The number of nitrogens with zero attached hydrogens (tertiary/aromatic N) is 4. The molecule has 0 fully saturated rings. The van der Waals surface area contributed by atoms with Gasteiger partial charge in [-0.3, -0.25) is 14.9 Å². The molecule has 4 aromatic rings. The quantitative estimate of drug-likeness (QED) is 0.122. The first-order valence-electron chi connectivity index (χ1n) is 12.2. The number of rotatable bonds is 10. The number of hydrogen-bond acceptors (Lipinski definition) is 7. The lowest BCUT2D eigenvalue weighted by Gasteiger charge is -2.14. The van der Waals surface area contributed by atoms with E-state index < -0.39 is 4.92 Å². The van der Waals surface area contributed by atoms with E-state index in [0.717, 1.165) is 10.9 Å². The van der Waals surface area contributed by atoms with Crippen molar-refractivity contribution < 1.29 is 14.4 Å². The van der Waals surface area contributed by atoms with Gasteiger partial charge < -0.3 is 9.47 Å². The zero-order valence-electron chi connectivity index (χ0n) is 21.3. The molecule has 0 amide bonds. The third kappa shape index (κ3) is 6.08. The van der Waals surface area contributed by atoms with Gasteiger partial charge in [-0.05, 0) is 60.9 Å². The second-order valence-electron chi connectivity index (χ2n) is 8.66. The van der Waals surface area contributed by atoms with Crippen molar-refractivity contribution in [3.05, 3.63) is 103 Å². The van der Waals surface area contributed by atoms with Gasteiger partial charge in [0.1, 0.15) is 12.4 Å². The molecule has 10 heteroatoms. The number of benzene rings is 3. The van der Waals surface area contributed by atoms with Gasteiger partial charge in [0.25, 0.3) is 11.2 Å². The lowest BCUT2D eigenvalue weighted by Crippen LogP contribution is -2.23. The maximum Gasteiger partial charge on any atom is 0.282 e. The Hall–Kier alpha value is -4.05. The predicted molar refractivity (Wildman–Crippen MR) is 150 cm³/mol. The molecule has 0 aliphatic heterocycles. The van der Waals surface area contributed by atoms with Crippen LogP contribution in [0.1, 0.15) is 50.1 Å². The first kappa shape index (κ1) is 27.0. The van der Waals surface area contributed by atoms with Gasteiger partial charge in [-0.25, -0.2) is 4.98 Å². The number of halogens is 1. The minimum Gasteiger partial charge on any atom is -0.490 e. The maximum absolute atomic E-state index is 13.4. The largest absolute Gasteiger partial charge is 0.490 e. The van der Waals surface area contributed by atoms with Gasteiger partial charge >= 0.3 is 0 Å². The summed E-state index contributed by atoms with van der Waals surface area (Å²) < 4.78 is 13.8. The van der Waals surface area contributed by atoms with Crippen molar-refractivity contribution in [1.82, 2.24) is 9.66 Å². The maximum atomic E-state index is 13.4. The van der Waals surface area contributed by atoms with Crippen LogP contribution in [-0.4, -0.2) is 27.4 Å². The molecular formula is C28H27BrN4O5. The van der Waals surface area contributed by atoms with E-state index in [9.17, 15) is 14.9 Å². The Morgan fingerprint density at radius 1 is 1.11 bits per heavy atom. The summed E-state index contributed by atoms with van der Waals surface area (Å²) in [4.78, 5) is 28.7. The zero-order valence-corrected chi connectivity index (χ0v) is 22.8. The summed E-state index contributed by atoms with van der Waals surface area (Å²) in [5, 5.41) is 16.0. The predicted octanol–water partition coefficient (Wildman–Crippen LogP) is 6.44. The van der Waals surface area contributed by atoms with Crippen molar-refractivity contribution in [2.24, 2.45) is 5.10 Å². The average molecular weight is 579 g/mol. The molecule has 0 saturated carbocycles. The van der Waals surface area contributed by atoms with Gasteiger partial charge in [0.05, 0.1) is 28.6 Å². The molecule has 1 aromatic heterocycles. The topological polar surface area (TPSA) is 109 Å². The third-order valence-corrected chi connectivity index (χ3v) is 6.49. The smallest absolute Gasteiger partial charge is 0.282 e. The second-order valence-corrected chi connectivity index (χ2v) is 9.57. The monoisotopic (exact) mass is 578 g/mol.